The first kappa shape index (κ1) is 23.5. The Morgan fingerprint density at radius 1 is 1.06 bits per heavy atom. The van der Waals surface area contributed by atoms with E-state index in [-0.39, 0.29) is 10.4 Å². The van der Waals surface area contributed by atoms with E-state index in [9.17, 15) is 45.6 Å². The van der Waals surface area contributed by atoms with Crippen molar-refractivity contribution in [2.45, 2.75) is 6.18 Å². The minimum Gasteiger partial charge on any atom is -0.484 e. The number of nitrogens with one attached hydrogen (secondary N) is 1. The van der Waals surface area contributed by atoms with Gasteiger partial charge in [0.05, 0.1) is 4.92 Å². The van der Waals surface area contributed by atoms with Crippen LogP contribution >= 0.6 is 0 Å². The van der Waals surface area contributed by atoms with Gasteiger partial charge in [-0.15, -0.1) is 0 Å². The lowest BCUT2D eigenvalue weighted by Crippen LogP contribution is -2.24. The van der Waals surface area contributed by atoms with Crippen LogP contribution in [-0.2, 0) is 11.0 Å². The summed E-state index contributed by atoms with van der Waals surface area (Å²) >= 11 is 0. The van der Waals surface area contributed by atoms with Crippen LogP contribution in [0.5, 0.6) is 5.75 Å². The molecule has 0 saturated heterocycles. The van der Waals surface area contributed by atoms with Crippen LogP contribution in [0.3, 0.4) is 0 Å². The van der Waals surface area contributed by atoms with Crippen molar-refractivity contribution in [2.24, 2.45) is 0 Å². The molecule has 8 nitrogen and oxygen atoms in total. The molecule has 0 radical (unpaired) electrons. The SMILES string of the molecule is O=C(COc1ccccc1)Nc1c([N+](=O)[O-])cnn1-c1c(F)c(F)c(C(F)(F)F)c(F)c1F. The molecule has 0 aliphatic rings. The topological polar surface area (TPSA) is 99.3 Å². The molecule has 1 amide bonds. The number of hydrogen-bond acceptors (Lipinski definition) is 5. The van der Waals surface area contributed by atoms with Gasteiger partial charge in [0.2, 0.25) is 5.82 Å². The monoisotopic (exact) mass is 478 g/mol. The van der Waals surface area contributed by atoms with Crippen molar-refractivity contribution >= 4 is 17.4 Å². The van der Waals surface area contributed by atoms with Gasteiger partial charge < -0.3 is 10.1 Å². The third-order valence-corrected chi connectivity index (χ3v) is 4.05. The highest BCUT2D eigenvalue weighted by molar-refractivity contribution is 5.93. The number of aromatic nitrogens is 2. The molecule has 0 saturated carbocycles. The first-order chi connectivity index (χ1) is 15.4. The average molecular weight is 478 g/mol. The summed E-state index contributed by atoms with van der Waals surface area (Å²) in [5.41, 5.74) is -5.78. The molecule has 0 bridgehead atoms. The van der Waals surface area contributed by atoms with E-state index in [1.54, 1.807) is 18.2 Å². The number of para-hydroxylation sites is 1. The maximum absolute atomic E-state index is 14.4. The number of hydrogen-bond donors (Lipinski definition) is 1. The van der Waals surface area contributed by atoms with Crippen LogP contribution in [0.2, 0.25) is 0 Å². The van der Waals surface area contributed by atoms with Gasteiger partial charge in [0.1, 0.15) is 23.2 Å². The Kier molecular flexibility index (Phi) is 6.23. The van der Waals surface area contributed by atoms with Gasteiger partial charge in [-0.2, -0.15) is 18.3 Å². The molecule has 1 heterocycles. The molecule has 15 heteroatoms. The Bertz CT molecular complexity index is 1200. The molecule has 3 aromatic rings. The molecule has 174 valence electrons. The van der Waals surface area contributed by atoms with E-state index in [1.165, 1.54) is 12.1 Å². The summed E-state index contributed by atoms with van der Waals surface area (Å²) in [6.45, 7) is -0.771. The zero-order valence-electron chi connectivity index (χ0n) is 15.8. The Labute approximate surface area is 178 Å². The number of amides is 1. The Balaban J connectivity index is 2.05. The summed E-state index contributed by atoms with van der Waals surface area (Å²) in [4.78, 5) is 22.2. The summed E-state index contributed by atoms with van der Waals surface area (Å²) in [7, 11) is 0. The van der Waals surface area contributed by atoms with E-state index in [2.05, 4.69) is 5.10 Å². The molecular formula is C18H9F7N4O4. The number of nitrogens with zero attached hydrogens (tertiary/aromatic N) is 3. The Morgan fingerprint density at radius 2 is 1.64 bits per heavy atom. The normalized spacial score (nSPS) is 11.4. The van der Waals surface area contributed by atoms with Crippen LogP contribution in [0.1, 0.15) is 5.56 Å². The molecule has 0 spiro atoms. The highest BCUT2D eigenvalue weighted by atomic mass is 19.4. The maximum atomic E-state index is 14.4. The number of benzene rings is 2. The molecule has 0 atom stereocenters. The highest BCUT2D eigenvalue weighted by Crippen LogP contribution is 2.39. The van der Waals surface area contributed by atoms with Gasteiger partial charge in [0, 0.05) is 0 Å². The van der Waals surface area contributed by atoms with Gasteiger partial charge in [-0.1, -0.05) is 18.2 Å². The van der Waals surface area contributed by atoms with E-state index < -0.39 is 69.6 Å². The number of nitro groups is 1. The third kappa shape index (κ3) is 4.56. The second kappa shape index (κ2) is 8.76. The van der Waals surface area contributed by atoms with Gasteiger partial charge in [0.15, 0.2) is 29.9 Å². The standard InChI is InChI=1S/C18H9F7N4O4/c19-12-11(18(23,24)25)13(20)15(22)16(14(12)21)28-17(9(6-26-28)29(31)32)27-10(30)7-33-8-4-2-1-3-5-8/h1-6H,7H2,(H,27,30). The van der Waals surface area contributed by atoms with Crippen LogP contribution in [0.4, 0.5) is 42.2 Å². The molecule has 0 fully saturated rings. The number of ether oxygens (including phenoxy) is 1. The van der Waals surface area contributed by atoms with Crippen molar-refractivity contribution in [3.8, 4) is 11.4 Å². The molecule has 0 unspecified atom stereocenters. The van der Waals surface area contributed by atoms with Gasteiger partial charge in [-0.3, -0.25) is 14.9 Å². The van der Waals surface area contributed by atoms with Gasteiger partial charge >= 0.3 is 11.9 Å². The van der Waals surface area contributed by atoms with Crippen molar-refractivity contribution in [3.05, 3.63) is 75.5 Å². The molecule has 3 rings (SSSR count). The molecular weight excluding hydrogens is 469 g/mol. The summed E-state index contributed by atoms with van der Waals surface area (Å²) in [5, 5.41) is 16.2. The van der Waals surface area contributed by atoms with E-state index >= 15 is 0 Å². The fourth-order valence-corrected chi connectivity index (χ4v) is 2.65. The van der Waals surface area contributed by atoms with E-state index in [0.29, 0.717) is 6.20 Å². The zero-order chi connectivity index (χ0) is 24.5. The van der Waals surface area contributed by atoms with Crippen molar-refractivity contribution in [2.75, 3.05) is 11.9 Å². The Hall–Kier alpha value is -4.17. The first-order valence-corrected chi connectivity index (χ1v) is 8.57. The predicted octanol–water partition coefficient (Wildman–Crippen LogP) is 4.37. The summed E-state index contributed by atoms with van der Waals surface area (Å²) in [6.07, 6.45) is -5.43. The van der Waals surface area contributed by atoms with Crippen molar-refractivity contribution in [1.29, 1.82) is 0 Å². The lowest BCUT2D eigenvalue weighted by molar-refractivity contribution is -0.384. The van der Waals surface area contributed by atoms with E-state index in [1.807, 2.05) is 5.32 Å². The molecule has 2 aromatic carbocycles. The van der Waals surface area contributed by atoms with Crippen LogP contribution in [0.25, 0.3) is 5.69 Å². The van der Waals surface area contributed by atoms with Gasteiger partial charge in [0.25, 0.3) is 5.91 Å². The Morgan fingerprint density at radius 3 is 2.15 bits per heavy atom. The predicted molar refractivity (Wildman–Crippen MR) is 95.6 cm³/mol. The molecule has 33 heavy (non-hydrogen) atoms. The molecule has 0 aliphatic carbocycles. The zero-order valence-corrected chi connectivity index (χ0v) is 15.8. The van der Waals surface area contributed by atoms with Crippen LogP contribution < -0.4 is 10.1 Å². The third-order valence-electron chi connectivity index (χ3n) is 4.05. The first-order valence-electron chi connectivity index (χ1n) is 8.57. The van der Waals surface area contributed by atoms with Crippen LogP contribution in [-0.4, -0.2) is 27.2 Å². The lowest BCUT2D eigenvalue weighted by atomic mass is 10.1. The average Bonchev–Trinajstić information content (AvgIpc) is 3.14. The fraction of sp³-hybridized carbons (Fsp3) is 0.111. The minimum atomic E-state index is -5.80. The highest BCUT2D eigenvalue weighted by Gasteiger charge is 2.43. The fourth-order valence-electron chi connectivity index (χ4n) is 2.65. The minimum absolute atomic E-state index is 0.143. The second-order valence-electron chi connectivity index (χ2n) is 6.17. The molecule has 1 aromatic heterocycles. The largest absolute Gasteiger partial charge is 0.484 e. The lowest BCUT2D eigenvalue weighted by Gasteiger charge is -2.15. The second-order valence-corrected chi connectivity index (χ2v) is 6.17. The van der Waals surface area contributed by atoms with Gasteiger partial charge in [-0.05, 0) is 12.1 Å². The smallest absolute Gasteiger partial charge is 0.422 e. The quantitative estimate of drug-likeness (QED) is 0.246. The van der Waals surface area contributed by atoms with E-state index in [4.69, 9.17) is 4.74 Å². The van der Waals surface area contributed by atoms with Crippen LogP contribution in [0.15, 0.2) is 36.5 Å². The molecule has 0 aliphatic heterocycles. The summed E-state index contributed by atoms with van der Waals surface area (Å²) in [6, 6.07) is 7.68. The number of rotatable bonds is 6. The summed E-state index contributed by atoms with van der Waals surface area (Å²) in [5.74, 6) is -12.7. The maximum Gasteiger partial charge on any atom is 0.422 e. The van der Waals surface area contributed by atoms with Gasteiger partial charge in [-0.25, -0.2) is 22.2 Å². The number of halogens is 7. The number of carbonyl (C=O) groups excluding carboxylic acids is 1. The summed E-state index contributed by atoms with van der Waals surface area (Å²) < 4.78 is 100. The van der Waals surface area contributed by atoms with Crippen molar-refractivity contribution < 1.29 is 45.2 Å². The number of anilines is 1. The van der Waals surface area contributed by atoms with Crippen molar-refractivity contribution in [3.63, 3.8) is 0 Å². The van der Waals surface area contributed by atoms with E-state index in [0.717, 1.165) is 0 Å². The number of carbonyl (C=O) groups is 1. The molecule has 1 N–H and O–H groups in total. The van der Waals surface area contributed by atoms with Crippen molar-refractivity contribution in [1.82, 2.24) is 9.78 Å². The van der Waals surface area contributed by atoms with Crippen LogP contribution in [0, 0.1) is 33.4 Å². The number of alkyl halides is 3.